The van der Waals surface area contributed by atoms with Gasteiger partial charge >= 0.3 is 0 Å². The molecule has 0 aliphatic carbocycles. The van der Waals surface area contributed by atoms with Gasteiger partial charge in [-0.05, 0) is 30.0 Å². The summed E-state index contributed by atoms with van der Waals surface area (Å²) in [6.07, 6.45) is 1.54. The van der Waals surface area contributed by atoms with E-state index >= 15 is 0 Å². The summed E-state index contributed by atoms with van der Waals surface area (Å²) in [5, 5.41) is 7.07. The summed E-state index contributed by atoms with van der Waals surface area (Å²) in [6.45, 7) is 6.32. The zero-order valence-electron chi connectivity index (χ0n) is 15.8. The van der Waals surface area contributed by atoms with Crippen molar-refractivity contribution in [1.29, 1.82) is 0 Å². The number of nitrogens with one attached hydrogen (secondary N) is 1. The fourth-order valence-corrected chi connectivity index (χ4v) is 4.96. The van der Waals surface area contributed by atoms with Crippen LogP contribution in [-0.4, -0.2) is 15.9 Å². The van der Waals surface area contributed by atoms with Crippen LogP contribution in [0.3, 0.4) is 0 Å². The van der Waals surface area contributed by atoms with Gasteiger partial charge in [0.15, 0.2) is 0 Å². The van der Waals surface area contributed by atoms with E-state index in [1.165, 1.54) is 23.2 Å². The molecule has 0 spiro atoms. The fraction of sp³-hybridized carbons (Fsp3) is 0.190. The molecule has 1 amide bonds. The maximum atomic E-state index is 11.8. The number of rotatable bonds is 5. The van der Waals surface area contributed by atoms with E-state index in [0.29, 0.717) is 22.3 Å². The van der Waals surface area contributed by atoms with Crippen molar-refractivity contribution < 1.29 is 4.79 Å². The highest BCUT2D eigenvalue weighted by molar-refractivity contribution is 7.17. The molecule has 5 nitrogen and oxygen atoms in total. The van der Waals surface area contributed by atoms with Crippen LogP contribution in [-0.2, 0) is 0 Å². The largest absolute Gasteiger partial charge is 0.366 e. The summed E-state index contributed by atoms with van der Waals surface area (Å²) in [7, 11) is 0. The van der Waals surface area contributed by atoms with E-state index in [4.69, 9.17) is 5.73 Å². The monoisotopic (exact) mass is 408 g/mol. The van der Waals surface area contributed by atoms with Gasteiger partial charge in [0.25, 0.3) is 5.91 Å². The van der Waals surface area contributed by atoms with Crippen molar-refractivity contribution >= 4 is 49.6 Å². The van der Waals surface area contributed by atoms with Crippen molar-refractivity contribution in [3.05, 3.63) is 58.0 Å². The molecular formula is C21H20N4OS2. The van der Waals surface area contributed by atoms with E-state index in [9.17, 15) is 4.79 Å². The van der Waals surface area contributed by atoms with Crippen LogP contribution in [0.15, 0.2) is 42.0 Å². The molecule has 0 aliphatic rings. The van der Waals surface area contributed by atoms with E-state index < -0.39 is 5.91 Å². The van der Waals surface area contributed by atoms with Crippen molar-refractivity contribution in [2.45, 2.75) is 26.7 Å². The molecule has 0 saturated heterocycles. The van der Waals surface area contributed by atoms with Gasteiger partial charge < -0.3 is 11.1 Å². The van der Waals surface area contributed by atoms with Gasteiger partial charge in [0.05, 0.1) is 10.9 Å². The van der Waals surface area contributed by atoms with Gasteiger partial charge in [-0.25, -0.2) is 9.97 Å². The lowest BCUT2D eigenvalue weighted by Gasteiger charge is -2.09. The van der Waals surface area contributed by atoms with Crippen LogP contribution in [0, 0.1) is 6.92 Å². The second kappa shape index (κ2) is 7.33. The minimum atomic E-state index is -0.452. The Bertz CT molecular complexity index is 1160. The molecule has 3 aromatic heterocycles. The Morgan fingerprint density at radius 2 is 1.93 bits per heavy atom. The van der Waals surface area contributed by atoms with E-state index in [1.807, 2.05) is 6.92 Å². The highest BCUT2D eigenvalue weighted by Gasteiger charge is 2.17. The Morgan fingerprint density at radius 3 is 2.61 bits per heavy atom. The predicted octanol–water partition coefficient (Wildman–Crippen LogP) is 5.69. The highest BCUT2D eigenvalue weighted by Crippen LogP contribution is 2.39. The molecule has 1 aromatic carbocycles. The van der Waals surface area contributed by atoms with Crippen molar-refractivity contribution in [3.8, 4) is 11.1 Å². The Labute approximate surface area is 171 Å². The first-order valence-electron chi connectivity index (χ1n) is 8.94. The van der Waals surface area contributed by atoms with Gasteiger partial charge in [0, 0.05) is 15.8 Å². The average Bonchev–Trinajstić information content (AvgIpc) is 3.26. The Balaban J connectivity index is 1.80. The molecule has 4 rings (SSSR count). The van der Waals surface area contributed by atoms with Crippen molar-refractivity contribution in [2.24, 2.45) is 5.73 Å². The first kappa shape index (κ1) is 18.6. The quantitative estimate of drug-likeness (QED) is 0.444. The number of hydrogen-bond donors (Lipinski definition) is 2. The van der Waals surface area contributed by atoms with Crippen LogP contribution in [0.1, 0.15) is 40.6 Å². The minimum Gasteiger partial charge on any atom is -0.366 e. The molecule has 142 valence electrons. The van der Waals surface area contributed by atoms with Crippen LogP contribution in [0.2, 0.25) is 0 Å². The number of carbonyl (C=O) groups excluding carboxylic acids is 1. The van der Waals surface area contributed by atoms with Crippen molar-refractivity contribution in [1.82, 2.24) is 9.97 Å². The molecule has 0 saturated carbocycles. The number of thiophene rings is 2. The molecular weight excluding hydrogens is 388 g/mol. The highest BCUT2D eigenvalue weighted by atomic mass is 32.1. The predicted molar refractivity (Wildman–Crippen MR) is 118 cm³/mol. The van der Waals surface area contributed by atoms with Crippen molar-refractivity contribution in [2.75, 3.05) is 5.32 Å². The average molecular weight is 409 g/mol. The number of primary amides is 1. The van der Waals surface area contributed by atoms with Gasteiger partial charge in [-0.1, -0.05) is 38.1 Å². The second-order valence-corrected chi connectivity index (χ2v) is 9.03. The molecule has 0 unspecified atom stereocenters. The van der Waals surface area contributed by atoms with Crippen LogP contribution in [0.25, 0.3) is 21.3 Å². The molecule has 0 bridgehead atoms. The summed E-state index contributed by atoms with van der Waals surface area (Å²) < 4.78 is 0. The molecule has 3 heterocycles. The number of aromatic nitrogens is 2. The third-order valence-corrected chi connectivity index (χ3v) is 6.46. The first-order chi connectivity index (χ1) is 13.4. The lowest BCUT2D eigenvalue weighted by molar-refractivity contribution is 0.100. The molecule has 0 fully saturated rings. The summed E-state index contributed by atoms with van der Waals surface area (Å²) in [6, 6.07) is 10.4. The van der Waals surface area contributed by atoms with Crippen LogP contribution in [0.4, 0.5) is 10.8 Å². The Kier molecular flexibility index (Phi) is 4.87. The Morgan fingerprint density at radius 1 is 1.18 bits per heavy atom. The van der Waals surface area contributed by atoms with E-state index in [0.717, 1.165) is 26.2 Å². The SMILES string of the molecule is Cc1cc(C(N)=O)c(Nc2ncnc3scc(-c4ccc(C(C)C)cc4)c23)s1. The number of hydrogen-bond acceptors (Lipinski definition) is 6. The number of amides is 1. The Hall–Kier alpha value is -2.77. The standard InChI is InChI=1S/C21H20N4OS2/c1-11(2)13-4-6-14(7-5-13)16-9-27-21-17(16)19(23-10-24-21)25-20-15(18(22)26)8-12(3)28-20/h4-11H,1-3H3,(H2,22,26)(H,23,24,25). The molecule has 7 heteroatoms. The normalized spacial score (nSPS) is 11.3. The maximum Gasteiger partial charge on any atom is 0.251 e. The van der Waals surface area contributed by atoms with Gasteiger partial charge in [-0.3, -0.25) is 4.79 Å². The molecule has 4 aromatic rings. The summed E-state index contributed by atoms with van der Waals surface area (Å²) in [4.78, 5) is 22.6. The number of nitrogens with zero attached hydrogens (tertiary/aromatic N) is 2. The van der Waals surface area contributed by atoms with E-state index in [-0.39, 0.29) is 0 Å². The van der Waals surface area contributed by atoms with Gasteiger partial charge in [0.1, 0.15) is 22.0 Å². The van der Waals surface area contributed by atoms with E-state index in [1.54, 1.807) is 17.4 Å². The second-order valence-electron chi connectivity index (χ2n) is 6.92. The zero-order chi connectivity index (χ0) is 19.8. The summed E-state index contributed by atoms with van der Waals surface area (Å²) >= 11 is 3.07. The third kappa shape index (κ3) is 3.39. The minimum absolute atomic E-state index is 0.452. The smallest absolute Gasteiger partial charge is 0.251 e. The van der Waals surface area contributed by atoms with Crippen molar-refractivity contribution in [3.63, 3.8) is 0 Å². The molecule has 0 atom stereocenters. The maximum absolute atomic E-state index is 11.8. The number of carbonyl (C=O) groups is 1. The molecule has 3 N–H and O–H groups in total. The first-order valence-corrected chi connectivity index (χ1v) is 10.6. The zero-order valence-corrected chi connectivity index (χ0v) is 17.4. The molecule has 0 radical (unpaired) electrons. The summed E-state index contributed by atoms with van der Waals surface area (Å²) in [5.74, 6) is 0.716. The number of anilines is 2. The molecule has 28 heavy (non-hydrogen) atoms. The number of fused-ring (bicyclic) bond motifs is 1. The number of aryl methyl sites for hydroxylation is 1. The lowest BCUT2D eigenvalue weighted by Crippen LogP contribution is -2.11. The van der Waals surface area contributed by atoms with E-state index in [2.05, 4.69) is 58.8 Å². The van der Waals surface area contributed by atoms with Crippen LogP contribution >= 0.6 is 22.7 Å². The van der Waals surface area contributed by atoms with Crippen LogP contribution in [0.5, 0.6) is 0 Å². The topological polar surface area (TPSA) is 80.9 Å². The van der Waals surface area contributed by atoms with Crippen LogP contribution < -0.4 is 11.1 Å². The fourth-order valence-electron chi connectivity index (χ4n) is 3.13. The lowest BCUT2D eigenvalue weighted by atomic mass is 9.99. The van der Waals surface area contributed by atoms with Gasteiger partial charge in [-0.2, -0.15) is 0 Å². The summed E-state index contributed by atoms with van der Waals surface area (Å²) in [5.41, 5.74) is 9.51. The van der Waals surface area contributed by atoms with Gasteiger partial charge in [0.2, 0.25) is 0 Å². The molecule has 0 aliphatic heterocycles. The number of nitrogens with two attached hydrogens (primary N) is 1. The third-order valence-electron chi connectivity index (χ3n) is 4.61. The van der Waals surface area contributed by atoms with Gasteiger partial charge in [-0.15, -0.1) is 22.7 Å². The number of benzene rings is 1.